The number of ether oxygens (including phenoxy) is 2. The highest BCUT2D eigenvalue weighted by molar-refractivity contribution is 7.87. The second kappa shape index (κ2) is 8.47. The minimum Gasteiger partial charge on any atom is -0.488 e. The molecule has 5 nitrogen and oxygen atoms in total. The second-order valence-electron chi connectivity index (χ2n) is 7.25. The summed E-state index contributed by atoms with van der Waals surface area (Å²) in [5.41, 5.74) is -0.921. The fourth-order valence-electron chi connectivity index (χ4n) is 3.44. The number of fused-ring (bicyclic) bond motifs is 1. The third kappa shape index (κ3) is 4.57. The molecule has 0 amide bonds. The van der Waals surface area contributed by atoms with E-state index in [1.807, 2.05) is 51.1 Å². The Balaban J connectivity index is 1.77. The van der Waals surface area contributed by atoms with Gasteiger partial charge in [0.1, 0.15) is 30.8 Å². The smallest absolute Gasteiger partial charge is 0.488 e. The summed E-state index contributed by atoms with van der Waals surface area (Å²) in [5.74, 6) is 1.31. The lowest BCUT2D eigenvalue weighted by Gasteiger charge is -2.30. The summed E-state index contributed by atoms with van der Waals surface area (Å²) < 4.78 is 75.7. The average Bonchev–Trinajstić information content (AvgIpc) is 2.70. The van der Waals surface area contributed by atoms with Crippen LogP contribution in [0.15, 0.2) is 30.3 Å². The van der Waals surface area contributed by atoms with Crippen molar-refractivity contribution in [3.63, 3.8) is 0 Å². The van der Waals surface area contributed by atoms with E-state index in [1.54, 1.807) is 0 Å². The number of alkyl halides is 3. The molecule has 0 radical (unpaired) electrons. The lowest BCUT2D eigenvalue weighted by molar-refractivity contribution is -0.0562. The van der Waals surface area contributed by atoms with Crippen molar-refractivity contribution in [3.8, 4) is 11.5 Å². The predicted molar refractivity (Wildman–Crippen MR) is 105 cm³/mol. The molecule has 164 valence electrons. The quantitative estimate of drug-likeness (QED) is 0.475. The van der Waals surface area contributed by atoms with Crippen LogP contribution in [0.4, 0.5) is 13.2 Å². The Morgan fingerprint density at radius 1 is 1.07 bits per heavy atom. The number of halogens is 3. The maximum Gasteiger partial charge on any atom is 0.523 e. The maximum absolute atomic E-state index is 12.5. The first-order valence-corrected chi connectivity index (χ1v) is 10.8. The van der Waals surface area contributed by atoms with Crippen LogP contribution >= 0.6 is 0 Å². The molecule has 0 saturated heterocycles. The SMILES string of the molecule is Cc1c(C)c2c(c(C)c1OCc1ccccc1)CCC(COS(=O)(=O)C(F)(F)F)O2. The zero-order valence-electron chi connectivity index (χ0n) is 16.9. The van der Waals surface area contributed by atoms with Crippen molar-refractivity contribution < 1.29 is 35.2 Å². The lowest BCUT2D eigenvalue weighted by atomic mass is 9.91. The van der Waals surface area contributed by atoms with E-state index >= 15 is 0 Å². The molecule has 3 rings (SSSR count). The molecule has 1 unspecified atom stereocenters. The molecule has 1 aliphatic rings. The normalized spacial score (nSPS) is 16.7. The van der Waals surface area contributed by atoms with Gasteiger partial charge in [0.05, 0.1) is 0 Å². The zero-order chi connectivity index (χ0) is 22.1. The van der Waals surface area contributed by atoms with E-state index in [2.05, 4.69) is 4.18 Å². The summed E-state index contributed by atoms with van der Waals surface area (Å²) in [5, 5.41) is 0. The van der Waals surface area contributed by atoms with Gasteiger partial charge in [-0.05, 0) is 55.9 Å². The number of hydrogen-bond acceptors (Lipinski definition) is 5. The standard InChI is InChI=1S/C21H23F3O5S/c1-13-14(2)20-18(15(3)19(13)27-11-16-7-5-4-6-8-16)10-9-17(29-20)12-28-30(25,26)21(22,23)24/h4-8,17H,9-12H2,1-3H3. The van der Waals surface area contributed by atoms with Gasteiger partial charge < -0.3 is 9.47 Å². The number of hydrogen-bond donors (Lipinski definition) is 0. The molecule has 1 atom stereocenters. The van der Waals surface area contributed by atoms with Crippen molar-refractivity contribution in [1.82, 2.24) is 0 Å². The van der Waals surface area contributed by atoms with Crippen molar-refractivity contribution in [2.75, 3.05) is 6.61 Å². The summed E-state index contributed by atoms with van der Waals surface area (Å²) in [6.07, 6.45) is 0.0644. The van der Waals surface area contributed by atoms with Gasteiger partial charge in [0.25, 0.3) is 0 Å². The predicted octanol–water partition coefficient (Wildman–Crippen LogP) is 4.75. The van der Waals surface area contributed by atoms with Gasteiger partial charge in [-0.15, -0.1) is 0 Å². The van der Waals surface area contributed by atoms with Gasteiger partial charge in [-0.2, -0.15) is 21.6 Å². The molecular formula is C21H23F3O5S. The highest BCUT2D eigenvalue weighted by Crippen LogP contribution is 2.42. The van der Waals surface area contributed by atoms with E-state index in [4.69, 9.17) is 9.47 Å². The van der Waals surface area contributed by atoms with E-state index in [1.165, 1.54) is 0 Å². The van der Waals surface area contributed by atoms with Gasteiger partial charge in [-0.1, -0.05) is 30.3 Å². The van der Waals surface area contributed by atoms with Gasteiger partial charge >= 0.3 is 15.6 Å². The first-order valence-electron chi connectivity index (χ1n) is 9.43. The molecule has 0 aliphatic carbocycles. The van der Waals surface area contributed by atoms with E-state index in [-0.39, 0.29) is 0 Å². The third-order valence-corrected chi connectivity index (χ3v) is 6.24. The monoisotopic (exact) mass is 444 g/mol. The number of benzene rings is 2. The van der Waals surface area contributed by atoms with Crippen LogP contribution in [0.25, 0.3) is 0 Å². The second-order valence-corrected chi connectivity index (χ2v) is 8.86. The van der Waals surface area contributed by atoms with Crippen LogP contribution in [0.3, 0.4) is 0 Å². The van der Waals surface area contributed by atoms with Gasteiger partial charge in [0.15, 0.2) is 0 Å². The maximum atomic E-state index is 12.5. The van der Waals surface area contributed by atoms with E-state index in [9.17, 15) is 21.6 Å². The average molecular weight is 444 g/mol. The van der Waals surface area contributed by atoms with Crippen LogP contribution < -0.4 is 9.47 Å². The summed E-state index contributed by atoms with van der Waals surface area (Å²) in [7, 11) is -5.64. The van der Waals surface area contributed by atoms with Crippen molar-refractivity contribution >= 4 is 10.1 Å². The Kier molecular flexibility index (Phi) is 6.33. The minimum absolute atomic E-state index is 0.335. The van der Waals surface area contributed by atoms with Crippen LogP contribution in [-0.4, -0.2) is 26.6 Å². The highest BCUT2D eigenvalue weighted by Gasteiger charge is 2.47. The Morgan fingerprint density at radius 3 is 2.37 bits per heavy atom. The van der Waals surface area contributed by atoms with Crippen molar-refractivity contribution in [3.05, 3.63) is 58.1 Å². The molecular weight excluding hydrogens is 421 g/mol. The summed E-state index contributed by atoms with van der Waals surface area (Å²) >= 11 is 0. The molecule has 1 aliphatic heterocycles. The topological polar surface area (TPSA) is 61.8 Å². The Bertz CT molecular complexity index is 1020. The number of rotatable bonds is 6. The Hall–Kier alpha value is -2.26. The molecule has 9 heteroatoms. The molecule has 0 saturated carbocycles. The van der Waals surface area contributed by atoms with Crippen LogP contribution in [0.2, 0.25) is 0 Å². The highest BCUT2D eigenvalue weighted by atomic mass is 32.2. The minimum atomic E-state index is -5.64. The molecule has 0 spiro atoms. The first kappa shape index (κ1) is 22.4. The molecule has 2 aromatic carbocycles. The van der Waals surface area contributed by atoms with Crippen molar-refractivity contribution in [1.29, 1.82) is 0 Å². The molecule has 1 heterocycles. The van der Waals surface area contributed by atoms with Crippen LogP contribution in [0.5, 0.6) is 11.5 Å². The molecule has 30 heavy (non-hydrogen) atoms. The lowest BCUT2D eigenvalue weighted by Crippen LogP contribution is -2.33. The zero-order valence-corrected chi connectivity index (χ0v) is 17.7. The van der Waals surface area contributed by atoms with Crippen LogP contribution in [-0.2, 0) is 27.3 Å². The Labute approximate surface area is 173 Å². The van der Waals surface area contributed by atoms with E-state index < -0.39 is 28.3 Å². The van der Waals surface area contributed by atoms with Crippen molar-refractivity contribution in [2.24, 2.45) is 0 Å². The summed E-state index contributed by atoms with van der Waals surface area (Å²) in [6, 6.07) is 9.74. The van der Waals surface area contributed by atoms with Crippen LogP contribution in [0, 0.1) is 20.8 Å². The molecule has 0 N–H and O–H groups in total. The molecule has 0 aromatic heterocycles. The Morgan fingerprint density at radius 2 is 1.73 bits per heavy atom. The molecule has 2 aromatic rings. The summed E-state index contributed by atoms with van der Waals surface area (Å²) in [6.45, 7) is 5.37. The van der Waals surface area contributed by atoms with Crippen molar-refractivity contribution in [2.45, 2.75) is 51.8 Å². The molecule has 0 fully saturated rings. The van der Waals surface area contributed by atoms with E-state index in [0.717, 1.165) is 33.6 Å². The molecule has 0 bridgehead atoms. The van der Waals surface area contributed by atoms with Gasteiger partial charge in [-0.3, -0.25) is 4.18 Å². The third-order valence-electron chi connectivity index (χ3n) is 5.23. The van der Waals surface area contributed by atoms with E-state index in [0.29, 0.717) is 25.2 Å². The van der Waals surface area contributed by atoms with Gasteiger partial charge in [0, 0.05) is 5.56 Å². The van der Waals surface area contributed by atoms with Gasteiger partial charge in [-0.25, -0.2) is 0 Å². The van der Waals surface area contributed by atoms with Gasteiger partial charge in [0.2, 0.25) is 0 Å². The largest absolute Gasteiger partial charge is 0.523 e. The first-order chi connectivity index (χ1) is 14.0. The summed E-state index contributed by atoms with van der Waals surface area (Å²) in [4.78, 5) is 0. The fourth-order valence-corrected chi connectivity index (χ4v) is 3.91. The van der Waals surface area contributed by atoms with Crippen LogP contribution in [0.1, 0.15) is 34.2 Å². The fraction of sp³-hybridized carbons (Fsp3) is 0.429.